The van der Waals surface area contributed by atoms with Gasteiger partial charge in [-0.05, 0) is 0 Å². The standard InChI is InChI=1S/C18H28O14/c1-28-5-9(19)13(23)14-16(25,10(20)6-29-2)18(27,12(22)8-31-4)17(26,15(24)32-14)11(21)7-30-3/h13-15,23-27H,5-8H2,1-4H3/t13?,14-,15+,16-,17-,18+/m1/s1. The Kier molecular flexibility index (Phi) is 9.67. The number of aliphatic hydroxyl groups excluding tert-OH is 2. The zero-order valence-corrected chi connectivity index (χ0v) is 18.0. The highest BCUT2D eigenvalue weighted by atomic mass is 16.7. The topological polar surface area (TPSA) is 216 Å². The van der Waals surface area contributed by atoms with E-state index in [2.05, 4.69) is 18.9 Å². The third-order valence-electron chi connectivity index (χ3n) is 5.13. The van der Waals surface area contributed by atoms with Crippen LogP contribution in [0, 0.1) is 0 Å². The van der Waals surface area contributed by atoms with Crippen molar-refractivity contribution in [3.8, 4) is 0 Å². The molecule has 6 atom stereocenters. The monoisotopic (exact) mass is 468 g/mol. The second-order valence-corrected chi connectivity index (χ2v) is 7.06. The van der Waals surface area contributed by atoms with Gasteiger partial charge in [-0.25, -0.2) is 0 Å². The molecule has 5 N–H and O–H groups in total. The van der Waals surface area contributed by atoms with Crippen LogP contribution < -0.4 is 0 Å². The summed E-state index contributed by atoms with van der Waals surface area (Å²) < 4.78 is 23.3. The zero-order valence-electron chi connectivity index (χ0n) is 18.0. The predicted molar refractivity (Wildman–Crippen MR) is 99.3 cm³/mol. The minimum absolute atomic E-state index is 0.761. The molecule has 1 aliphatic heterocycles. The Morgan fingerprint density at radius 3 is 1.62 bits per heavy atom. The summed E-state index contributed by atoms with van der Waals surface area (Å²) >= 11 is 0. The zero-order chi connectivity index (χ0) is 24.9. The number of rotatable bonds is 13. The lowest BCUT2D eigenvalue weighted by molar-refractivity contribution is -0.366. The lowest BCUT2D eigenvalue weighted by Crippen LogP contribution is -2.88. The molecule has 1 fully saturated rings. The van der Waals surface area contributed by atoms with Crippen molar-refractivity contribution in [3.05, 3.63) is 0 Å². The summed E-state index contributed by atoms with van der Waals surface area (Å²) in [6, 6.07) is 0. The number of aliphatic hydroxyl groups is 5. The molecule has 0 amide bonds. The molecule has 0 radical (unpaired) electrons. The third-order valence-corrected chi connectivity index (χ3v) is 5.13. The fourth-order valence-electron chi connectivity index (χ4n) is 3.55. The molecule has 0 aromatic carbocycles. The largest absolute Gasteiger partial charge is 0.382 e. The van der Waals surface area contributed by atoms with E-state index in [9.17, 15) is 44.7 Å². The van der Waals surface area contributed by atoms with E-state index in [-0.39, 0.29) is 0 Å². The molecule has 0 bridgehead atoms. The highest BCUT2D eigenvalue weighted by Gasteiger charge is 2.80. The normalized spacial score (nSPS) is 33.5. The van der Waals surface area contributed by atoms with Crippen molar-refractivity contribution < 1.29 is 68.4 Å². The lowest BCUT2D eigenvalue weighted by atomic mass is 9.59. The van der Waals surface area contributed by atoms with Crippen LogP contribution in [0.15, 0.2) is 0 Å². The molecule has 0 aliphatic carbocycles. The number of carbonyl (C=O) groups is 4. The first kappa shape index (κ1) is 28.3. The number of hydrogen-bond donors (Lipinski definition) is 5. The van der Waals surface area contributed by atoms with Gasteiger partial charge in [0.05, 0.1) is 0 Å². The highest BCUT2D eigenvalue weighted by Crippen LogP contribution is 2.47. The Balaban J connectivity index is 3.93. The number of carbonyl (C=O) groups excluding carboxylic acids is 4. The average Bonchev–Trinajstić information content (AvgIpc) is 2.74. The second-order valence-electron chi connectivity index (χ2n) is 7.06. The van der Waals surface area contributed by atoms with Gasteiger partial charge in [0.15, 0.2) is 35.0 Å². The molecular formula is C18H28O14. The van der Waals surface area contributed by atoms with Crippen molar-refractivity contribution in [1.82, 2.24) is 0 Å². The number of Topliss-reactive ketones (excluding diaryl/α,β-unsaturated/α-hetero) is 4. The summed E-state index contributed by atoms with van der Waals surface area (Å²) in [6.07, 6.45) is -7.84. The number of ether oxygens (including phenoxy) is 5. The molecule has 14 nitrogen and oxygen atoms in total. The van der Waals surface area contributed by atoms with E-state index in [0.29, 0.717) is 0 Å². The molecule has 0 aromatic heterocycles. The summed E-state index contributed by atoms with van der Waals surface area (Å²) in [7, 11) is 4.08. The van der Waals surface area contributed by atoms with E-state index in [1.807, 2.05) is 0 Å². The third kappa shape index (κ3) is 4.26. The number of ketones is 4. The first-order valence-electron chi connectivity index (χ1n) is 9.13. The minimum Gasteiger partial charge on any atom is -0.382 e. The maximum atomic E-state index is 12.9. The SMILES string of the molecule is COCC(=O)C(O)[C@H]1O[C@H](O)[C@](O)(C(=O)COC)[C@](O)(C(=O)COC)[C@@]1(O)C(=O)COC. The Morgan fingerprint density at radius 2 is 1.19 bits per heavy atom. The summed E-state index contributed by atoms with van der Waals surface area (Å²) in [5.74, 6) is -5.99. The fraction of sp³-hybridized carbons (Fsp3) is 0.778. The van der Waals surface area contributed by atoms with Crippen molar-refractivity contribution in [3.63, 3.8) is 0 Å². The molecule has 1 saturated heterocycles. The molecule has 1 aliphatic rings. The van der Waals surface area contributed by atoms with Gasteiger partial charge in [0.1, 0.15) is 38.6 Å². The van der Waals surface area contributed by atoms with Gasteiger partial charge in [0.2, 0.25) is 11.2 Å². The van der Waals surface area contributed by atoms with Gasteiger partial charge in [0, 0.05) is 28.4 Å². The summed E-state index contributed by atoms with van der Waals surface area (Å²) in [6.45, 7) is -3.88. The van der Waals surface area contributed by atoms with Crippen LogP contribution in [-0.4, -0.2) is 139 Å². The predicted octanol–water partition coefficient (Wildman–Crippen LogP) is -4.88. The van der Waals surface area contributed by atoms with Crippen molar-refractivity contribution in [2.24, 2.45) is 0 Å². The Bertz CT molecular complexity index is 724. The quantitative estimate of drug-likeness (QED) is 0.171. The lowest BCUT2D eigenvalue weighted by Gasteiger charge is -2.57. The van der Waals surface area contributed by atoms with Gasteiger partial charge in [-0.2, -0.15) is 0 Å². The molecule has 0 saturated carbocycles. The number of hydrogen-bond acceptors (Lipinski definition) is 14. The van der Waals surface area contributed by atoms with Crippen LogP contribution in [0.1, 0.15) is 0 Å². The van der Waals surface area contributed by atoms with Crippen molar-refractivity contribution >= 4 is 23.1 Å². The summed E-state index contributed by atoms with van der Waals surface area (Å²) in [5, 5.41) is 54.8. The van der Waals surface area contributed by atoms with E-state index >= 15 is 0 Å². The first-order chi connectivity index (χ1) is 14.9. The van der Waals surface area contributed by atoms with Gasteiger partial charge in [-0.1, -0.05) is 0 Å². The molecule has 14 heteroatoms. The molecule has 0 spiro atoms. The molecule has 1 heterocycles. The minimum atomic E-state index is -3.89. The maximum Gasteiger partial charge on any atom is 0.215 e. The van der Waals surface area contributed by atoms with Gasteiger partial charge in [-0.3, -0.25) is 19.2 Å². The Hall–Kier alpha value is -1.72. The molecule has 1 rings (SSSR count). The average molecular weight is 468 g/mol. The van der Waals surface area contributed by atoms with Crippen molar-refractivity contribution in [2.45, 2.75) is 35.3 Å². The van der Waals surface area contributed by atoms with Crippen molar-refractivity contribution in [2.75, 3.05) is 54.9 Å². The van der Waals surface area contributed by atoms with Crippen LogP contribution in [0.25, 0.3) is 0 Å². The molecule has 0 aromatic rings. The molecule has 1 unspecified atom stereocenters. The summed E-state index contributed by atoms with van der Waals surface area (Å²) in [4.78, 5) is 50.7. The van der Waals surface area contributed by atoms with Crippen LogP contribution >= 0.6 is 0 Å². The number of methoxy groups -OCH3 is 4. The van der Waals surface area contributed by atoms with E-state index in [4.69, 9.17) is 4.74 Å². The molecule has 184 valence electrons. The van der Waals surface area contributed by atoms with E-state index in [1.54, 1.807) is 0 Å². The van der Waals surface area contributed by atoms with E-state index in [1.165, 1.54) is 0 Å². The Labute approximate surface area is 182 Å². The van der Waals surface area contributed by atoms with E-state index < -0.39 is 84.9 Å². The van der Waals surface area contributed by atoms with E-state index in [0.717, 1.165) is 28.4 Å². The van der Waals surface area contributed by atoms with Crippen LogP contribution in [0.2, 0.25) is 0 Å². The molecule has 32 heavy (non-hydrogen) atoms. The van der Waals surface area contributed by atoms with Gasteiger partial charge < -0.3 is 49.2 Å². The van der Waals surface area contributed by atoms with Crippen LogP contribution in [0.5, 0.6) is 0 Å². The fourth-order valence-corrected chi connectivity index (χ4v) is 3.55. The van der Waals surface area contributed by atoms with Gasteiger partial charge in [-0.15, -0.1) is 0 Å². The van der Waals surface area contributed by atoms with Gasteiger partial charge in [0.25, 0.3) is 0 Å². The Morgan fingerprint density at radius 1 is 0.781 bits per heavy atom. The first-order valence-corrected chi connectivity index (χ1v) is 9.13. The highest BCUT2D eigenvalue weighted by molar-refractivity contribution is 6.08. The van der Waals surface area contributed by atoms with Crippen LogP contribution in [-0.2, 0) is 42.9 Å². The van der Waals surface area contributed by atoms with Crippen LogP contribution in [0.3, 0.4) is 0 Å². The molecular weight excluding hydrogens is 440 g/mol. The maximum absolute atomic E-state index is 12.9. The summed E-state index contributed by atoms with van der Waals surface area (Å²) in [5.41, 5.74) is -11.3. The smallest absolute Gasteiger partial charge is 0.215 e. The second kappa shape index (κ2) is 10.9. The van der Waals surface area contributed by atoms with Crippen LogP contribution in [0.4, 0.5) is 0 Å². The van der Waals surface area contributed by atoms with Crippen molar-refractivity contribution in [1.29, 1.82) is 0 Å². The van der Waals surface area contributed by atoms with Gasteiger partial charge >= 0.3 is 0 Å².